The van der Waals surface area contributed by atoms with E-state index < -0.39 is 0 Å². The van der Waals surface area contributed by atoms with E-state index in [4.69, 9.17) is 22.4 Å². The van der Waals surface area contributed by atoms with E-state index in [2.05, 4.69) is 4.90 Å². The van der Waals surface area contributed by atoms with Crippen LogP contribution in [0.2, 0.25) is 5.02 Å². The summed E-state index contributed by atoms with van der Waals surface area (Å²) in [5.41, 5.74) is 3.01. The zero-order chi connectivity index (χ0) is 20.1. The second kappa shape index (κ2) is 8.82. The Labute approximate surface area is 165 Å². The van der Waals surface area contributed by atoms with Crippen LogP contribution >= 0.6 is 11.6 Å². The molecule has 0 radical (unpaired) electrons. The van der Waals surface area contributed by atoms with Gasteiger partial charge in [-0.15, -0.1) is 0 Å². The minimum Gasteiger partial charge on any atom is -0.339 e. The van der Waals surface area contributed by atoms with Crippen LogP contribution in [0.4, 0.5) is 17.1 Å². The van der Waals surface area contributed by atoms with E-state index in [0.717, 1.165) is 23.3 Å². The van der Waals surface area contributed by atoms with E-state index in [9.17, 15) is 4.79 Å². The second-order valence-electron chi connectivity index (χ2n) is 6.16. The van der Waals surface area contributed by atoms with Gasteiger partial charge in [0.05, 0.1) is 11.4 Å². The van der Waals surface area contributed by atoms with Gasteiger partial charge in [-0.2, -0.15) is 0 Å². The lowest BCUT2D eigenvalue weighted by Gasteiger charge is -2.27. The monoisotopic (exact) mass is 384 g/mol. The predicted octanol–water partition coefficient (Wildman–Crippen LogP) is 5.75. The molecule has 0 bridgehead atoms. The maximum absolute atomic E-state index is 11.3. The summed E-state index contributed by atoms with van der Waals surface area (Å²) < 4.78 is 0. The first kappa shape index (κ1) is 20.6. The van der Waals surface area contributed by atoms with Gasteiger partial charge in [-0.3, -0.25) is 20.5 Å². The molecule has 1 aliphatic rings. The molecule has 2 aromatic carbocycles. The maximum Gasteiger partial charge on any atom is 0.150 e. The molecule has 0 spiro atoms. The number of benzene rings is 2. The van der Waals surface area contributed by atoms with E-state index >= 15 is 0 Å². The average molecular weight is 385 g/mol. The number of fused-ring (bicyclic) bond motifs is 1. The molecule has 5 nitrogen and oxygen atoms in total. The summed E-state index contributed by atoms with van der Waals surface area (Å²) in [7, 11) is 0. The number of amidine groups is 2. The third kappa shape index (κ3) is 4.19. The normalized spacial score (nSPS) is 16.0. The molecule has 6 heteroatoms. The number of carbonyl (C=O) groups is 1. The Hall–Kier alpha value is -2.66. The minimum atomic E-state index is -0.0944. The van der Waals surface area contributed by atoms with Gasteiger partial charge in [-0.25, -0.2) is 0 Å². The number of carbonyl (C=O) groups excluding carboxylic acids is 1. The lowest BCUT2D eigenvalue weighted by atomic mass is 10.1. The van der Waals surface area contributed by atoms with E-state index in [0.29, 0.717) is 23.0 Å². The van der Waals surface area contributed by atoms with Gasteiger partial charge in [-0.1, -0.05) is 32.4 Å². The fourth-order valence-electron chi connectivity index (χ4n) is 3.05. The Morgan fingerprint density at radius 3 is 2.33 bits per heavy atom. The number of halogens is 1. The van der Waals surface area contributed by atoms with Crippen LogP contribution in [-0.4, -0.2) is 24.5 Å². The second-order valence-corrected chi connectivity index (χ2v) is 6.60. The quantitative estimate of drug-likeness (QED) is 0.393. The van der Waals surface area contributed by atoms with Crippen molar-refractivity contribution in [1.82, 2.24) is 0 Å². The first-order valence-electron chi connectivity index (χ1n) is 8.98. The highest BCUT2D eigenvalue weighted by Gasteiger charge is 2.30. The van der Waals surface area contributed by atoms with Crippen molar-refractivity contribution in [2.24, 2.45) is 5.92 Å². The molecular formula is C21H25ClN4O. The highest BCUT2D eigenvalue weighted by molar-refractivity contribution is 6.30. The lowest BCUT2D eigenvalue weighted by molar-refractivity contribution is 0.112. The fraction of sp³-hybridized carbons (Fsp3) is 0.286. The number of nitrogens with zero attached hydrogens (tertiary/aromatic N) is 2. The van der Waals surface area contributed by atoms with E-state index in [1.807, 2.05) is 45.0 Å². The third-order valence-corrected chi connectivity index (χ3v) is 4.56. The van der Waals surface area contributed by atoms with Gasteiger partial charge >= 0.3 is 0 Å². The summed E-state index contributed by atoms with van der Waals surface area (Å²) in [5, 5.41) is 17.3. The zero-order valence-electron chi connectivity index (χ0n) is 16.1. The molecule has 0 fully saturated rings. The van der Waals surface area contributed by atoms with Crippen molar-refractivity contribution < 1.29 is 4.79 Å². The molecule has 3 rings (SSSR count). The average Bonchev–Trinajstić information content (AvgIpc) is 2.78. The fourth-order valence-corrected chi connectivity index (χ4v) is 3.18. The van der Waals surface area contributed by atoms with Gasteiger partial charge in [0.25, 0.3) is 0 Å². The van der Waals surface area contributed by atoms with Crippen LogP contribution in [0.1, 0.15) is 38.1 Å². The van der Waals surface area contributed by atoms with Crippen LogP contribution < -0.4 is 9.80 Å². The van der Waals surface area contributed by atoms with Gasteiger partial charge in [0.2, 0.25) is 0 Å². The lowest BCUT2D eigenvalue weighted by Crippen LogP contribution is -2.38. The maximum atomic E-state index is 11.3. The van der Waals surface area contributed by atoms with E-state index in [1.165, 1.54) is 0 Å². The topological polar surface area (TPSA) is 71.2 Å². The standard InChI is InChI=1S/C19H19ClN4O.C2H6/c1-12-10-23(16-6-4-15(20)5-7-16)18-9-14(11-25)3-8-17(18)24(13(2)21)19(12)22;1-2/h3-9,11-12,21-22H,10H2,1-2H3;1-2H3/t12-;/m1./s1. The first-order chi connectivity index (χ1) is 12.9. The summed E-state index contributed by atoms with van der Waals surface area (Å²) in [5.74, 6) is 0.544. The molecule has 1 aliphatic heterocycles. The highest BCUT2D eigenvalue weighted by Crippen LogP contribution is 2.39. The Kier molecular flexibility index (Phi) is 6.75. The summed E-state index contributed by atoms with van der Waals surface area (Å²) in [6, 6.07) is 12.8. The number of aldehydes is 1. The molecule has 0 unspecified atom stereocenters. The van der Waals surface area contributed by atoms with Crippen LogP contribution in [0.15, 0.2) is 42.5 Å². The van der Waals surface area contributed by atoms with Crippen LogP contribution in [0.3, 0.4) is 0 Å². The van der Waals surface area contributed by atoms with Crippen molar-refractivity contribution in [2.75, 3.05) is 16.3 Å². The molecule has 0 aliphatic carbocycles. The van der Waals surface area contributed by atoms with Crippen molar-refractivity contribution in [2.45, 2.75) is 27.7 Å². The molecule has 2 N–H and O–H groups in total. The molecule has 0 saturated heterocycles. The number of hydrogen-bond donors (Lipinski definition) is 2. The minimum absolute atomic E-state index is 0.0944. The molecule has 1 heterocycles. The van der Waals surface area contributed by atoms with Crippen molar-refractivity contribution in [3.05, 3.63) is 53.1 Å². The summed E-state index contributed by atoms with van der Waals surface area (Å²) in [6.07, 6.45) is 0.807. The van der Waals surface area contributed by atoms with Crippen LogP contribution in [-0.2, 0) is 0 Å². The number of nitrogens with one attached hydrogen (secondary N) is 2. The van der Waals surface area contributed by atoms with Crippen molar-refractivity contribution in [3.8, 4) is 0 Å². The molecule has 27 heavy (non-hydrogen) atoms. The van der Waals surface area contributed by atoms with Crippen molar-refractivity contribution in [1.29, 1.82) is 10.8 Å². The SMILES string of the molecule is CC.CC(=N)N1C(=N)[C@H](C)CN(c2ccc(Cl)cc2)c2cc(C=O)ccc21. The van der Waals surface area contributed by atoms with Gasteiger partial charge in [0, 0.05) is 28.7 Å². The molecule has 0 saturated carbocycles. The molecular weight excluding hydrogens is 360 g/mol. The Bertz CT molecular complexity index is 848. The van der Waals surface area contributed by atoms with Gasteiger partial charge < -0.3 is 4.90 Å². The van der Waals surface area contributed by atoms with Crippen LogP contribution in [0.25, 0.3) is 0 Å². The summed E-state index contributed by atoms with van der Waals surface area (Å²) >= 11 is 6.01. The van der Waals surface area contributed by atoms with Gasteiger partial charge in [0.1, 0.15) is 18.0 Å². The zero-order valence-corrected chi connectivity index (χ0v) is 16.8. The van der Waals surface area contributed by atoms with E-state index in [1.54, 1.807) is 30.0 Å². The molecule has 0 amide bonds. The van der Waals surface area contributed by atoms with Gasteiger partial charge in [-0.05, 0) is 49.4 Å². The first-order valence-corrected chi connectivity index (χ1v) is 9.36. The summed E-state index contributed by atoms with van der Waals surface area (Å²) in [4.78, 5) is 15.0. The van der Waals surface area contributed by atoms with Gasteiger partial charge in [0.15, 0.2) is 0 Å². The van der Waals surface area contributed by atoms with Crippen molar-refractivity contribution >= 4 is 46.6 Å². The Morgan fingerprint density at radius 1 is 1.15 bits per heavy atom. The highest BCUT2D eigenvalue weighted by atomic mass is 35.5. The molecule has 2 aromatic rings. The van der Waals surface area contributed by atoms with Crippen LogP contribution in [0, 0.1) is 16.7 Å². The Balaban J connectivity index is 0.00000126. The van der Waals surface area contributed by atoms with E-state index in [-0.39, 0.29) is 11.8 Å². The number of rotatable bonds is 2. The smallest absolute Gasteiger partial charge is 0.150 e. The van der Waals surface area contributed by atoms with Crippen molar-refractivity contribution in [3.63, 3.8) is 0 Å². The largest absolute Gasteiger partial charge is 0.339 e. The summed E-state index contributed by atoms with van der Waals surface area (Å²) in [6.45, 7) is 8.20. The molecule has 1 atom stereocenters. The number of anilines is 3. The Morgan fingerprint density at radius 2 is 1.78 bits per heavy atom. The number of hydrogen-bond acceptors (Lipinski definition) is 4. The molecule has 0 aromatic heterocycles. The van der Waals surface area contributed by atoms with Crippen LogP contribution in [0.5, 0.6) is 0 Å². The molecule has 142 valence electrons. The predicted molar refractivity (Wildman–Crippen MR) is 114 cm³/mol. The third-order valence-electron chi connectivity index (χ3n) is 4.31.